The molecule has 0 aliphatic carbocycles. The predicted octanol–water partition coefficient (Wildman–Crippen LogP) is 14.6. The topological polar surface area (TPSA) is 16.4 Å². The molecule has 0 amide bonds. The summed E-state index contributed by atoms with van der Waals surface area (Å²) in [6.45, 7) is 0. The summed E-state index contributed by atoms with van der Waals surface area (Å²) in [7, 11) is 0. The summed E-state index contributed by atoms with van der Waals surface area (Å²) in [5.41, 5.74) is 7.50. The summed E-state index contributed by atoms with van der Waals surface area (Å²) < 4.78 is 11.9. The molecule has 4 heteroatoms. The minimum Gasteiger partial charge on any atom is -0.455 e. The van der Waals surface area contributed by atoms with E-state index in [4.69, 9.17) is 4.42 Å². The lowest BCUT2D eigenvalue weighted by atomic mass is 10.0. The van der Waals surface area contributed by atoms with Gasteiger partial charge in [-0.1, -0.05) is 91.0 Å². The molecular formula is C46H27NOS2. The lowest BCUT2D eigenvalue weighted by molar-refractivity contribution is 0.672. The van der Waals surface area contributed by atoms with Crippen molar-refractivity contribution in [1.82, 2.24) is 0 Å². The number of fused-ring (bicyclic) bond motifs is 11. The Kier molecular flexibility index (Phi) is 6.03. The van der Waals surface area contributed by atoms with Crippen LogP contribution in [0, 0.1) is 0 Å². The van der Waals surface area contributed by atoms with Crippen LogP contribution in [0.1, 0.15) is 0 Å². The first-order valence-electron chi connectivity index (χ1n) is 16.8. The number of nitrogens with zero attached hydrogens (tertiary/aromatic N) is 1. The largest absolute Gasteiger partial charge is 0.455 e. The summed E-state index contributed by atoms with van der Waals surface area (Å²) in [4.78, 5) is 2.42. The molecule has 0 radical (unpaired) electrons. The molecule has 0 bridgehead atoms. The Morgan fingerprint density at radius 2 is 1.04 bits per heavy atom. The molecular weight excluding hydrogens is 647 g/mol. The van der Waals surface area contributed by atoms with Gasteiger partial charge in [-0.25, -0.2) is 0 Å². The number of anilines is 3. The number of benzene rings is 8. The van der Waals surface area contributed by atoms with Gasteiger partial charge >= 0.3 is 0 Å². The third kappa shape index (κ3) is 4.19. The van der Waals surface area contributed by atoms with Crippen LogP contribution < -0.4 is 4.90 Å². The summed E-state index contributed by atoms with van der Waals surface area (Å²) in [5.74, 6) is 0. The molecule has 3 aromatic heterocycles. The van der Waals surface area contributed by atoms with Gasteiger partial charge in [0.1, 0.15) is 11.2 Å². The molecule has 2 nitrogen and oxygen atoms in total. The number of thiophene rings is 2. The van der Waals surface area contributed by atoms with E-state index in [0.29, 0.717) is 0 Å². The van der Waals surface area contributed by atoms with Crippen molar-refractivity contribution in [2.75, 3.05) is 4.90 Å². The van der Waals surface area contributed by atoms with Crippen molar-refractivity contribution in [3.63, 3.8) is 0 Å². The average Bonchev–Trinajstić information content (AvgIpc) is 3.86. The van der Waals surface area contributed by atoms with E-state index in [1.165, 1.54) is 56.9 Å². The second kappa shape index (κ2) is 10.8. The second-order valence-electron chi connectivity index (χ2n) is 12.9. The monoisotopic (exact) mass is 673 g/mol. The predicted molar refractivity (Wildman–Crippen MR) is 217 cm³/mol. The molecule has 8 aromatic carbocycles. The minimum absolute atomic E-state index is 0.881. The van der Waals surface area contributed by atoms with E-state index in [9.17, 15) is 0 Å². The molecule has 0 spiro atoms. The summed E-state index contributed by atoms with van der Waals surface area (Å²) in [5, 5.41) is 9.72. The third-order valence-corrected chi connectivity index (χ3v) is 12.3. The van der Waals surface area contributed by atoms with Gasteiger partial charge in [-0.15, -0.1) is 22.7 Å². The van der Waals surface area contributed by atoms with Crippen molar-refractivity contribution >= 4 is 113 Å². The zero-order valence-electron chi connectivity index (χ0n) is 26.8. The zero-order chi connectivity index (χ0) is 32.8. The first-order valence-corrected chi connectivity index (χ1v) is 18.5. The van der Waals surface area contributed by atoms with Crippen molar-refractivity contribution < 1.29 is 4.42 Å². The lowest BCUT2D eigenvalue weighted by Crippen LogP contribution is -2.10. The SMILES string of the molecule is c1cc(-c2ccc3sc4ccccc4c3c2)cc(N(c2ccc3sc4ccccc4c3c2)c2cccc3oc4c5ccccc5ccc4c23)c1. The molecule has 0 saturated heterocycles. The molecule has 0 atom stereocenters. The van der Waals surface area contributed by atoms with Crippen LogP contribution in [0.25, 0.3) is 84.2 Å². The van der Waals surface area contributed by atoms with E-state index in [2.05, 4.69) is 169 Å². The standard InChI is InChI=1S/C46H27NOS2/c1-2-12-33-28(9-1)19-22-36-45-39(15-8-16-40(45)48-46(33)36)47(32-21-24-44-38(27-32)35-14-4-6-18-42(35)50-44)31-11-7-10-29(25-31)30-20-23-43-37(26-30)34-13-3-5-17-41(34)49-43/h1-27H. The quantitative estimate of drug-likeness (QED) is 0.185. The van der Waals surface area contributed by atoms with Crippen LogP contribution in [0.15, 0.2) is 168 Å². The fourth-order valence-corrected chi connectivity index (χ4v) is 9.90. The van der Waals surface area contributed by atoms with Gasteiger partial charge in [0.15, 0.2) is 0 Å². The molecule has 0 unspecified atom stereocenters. The second-order valence-corrected chi connectivity index (χ2v) is 15.1. The first-order chi connectivity index (χ1) is 24.8. The van der Waals surface area contributed by atoms with Gasteiger partial charge < -0.3 is 9.32 Å². The minimum atomic E-state index is 0.881. The molecule has 3 heterocycles. The summed E-state index contributed by atoms with van der Waals surface area (Å²) in [6.07, 6.45) is 0. The van der Waals surface area contributed by atoms with Crippen LogP contribution >= 0.6 is 22.7 Å². The van der Waals surface area contributed by atoms with Crippen molar-refractivity contribution in [3.8, 4) is 11.1 Å². The Morgan fingerprint density at radius 3 is 1.86 bits per heavy atom. The van der Waals surface area contributed by atoms with E-state index in [-0.39, 0.29) is 0 Å². The van der Waals surface area contributed by atoms with Gasteiger partial charge in [0.05, 0.1) is 11.1 Å². The van der Waals surface area contributed by atoms with Crippen molar-refractivity contribution in [3.05, 3.63) is 164 Å². The molecule has 234 valence electrons. The highest BCUT2D eigenvalue weighted by Crippen LogP contribution is 2.47. The Hall–Kier alpha value is -5.94. The normalized spacial score (nSPS) is 12.0. The molecule has 11 aromatic rings. The van der Waals surface area contributed by atoms with Crippen LogP contribution in [0.2, 0.25) is 0 Å². The maximum Gasteiger partial charge on any atom is 0.143 e. The van der Waals surface area contributed by atoms with Crippen LogP contribution in [0.5, 0.6) is 0 Å². The van der Waals surface area contributed by atoms with Gasteiger partial charge in [0, 0.05) is 62.5 Å². The van der Waals surface area contributed by atoms with E-state index in [1.807, 2.05) is 22.7 Å². The molecule has 0 aliphatic heterocycles. The van der Waals surface area contributed by atoms with Gasteiger partial charge in [0.2, 0.25) is 0 Å². The molecule has 50 heavy (non-hydrogen) atoms. The van der Waals surface area contributed by atoms with Gasteiger partial charge in [-0.05, 0) is 89.3 Å². The Bertz CT molecular complexity index is 3130. The third-order valence-electron chi connectivity index (χ3n) is 10.0. The van der Waals surface area contributed by atoms with Crippen molar-refractivity contribution in [2.45, 2.75) is 0 Å². The van der Waals surface area contributed by atoms with E-state index in [1.54, 1.807) is 0 Å². The average molecular weight is 674 g/mol. The molecule has 0 saturated carbocycles. The number of hydrogen-bond acceptors (Lipinski definition) is 4. The van der Waals surface area contributed by atoms with Crippen molar-refractivity contribution in [1.29, 1.82) is 0 Å². The number of hydrogen-bond donors (Lipinski definition) is 0. The van der Waals surface area contributed by atoms with Crippen LogP contribution in [-0.2, 0) is 0 Å². The molecule has 0 fully saturated rings. The fraction of sp³-hybridized carbons (Fsp3) is 0. The van der Waals surface area contributed by atoms with Crippen LogP contribution in [-0.4, -0.2) is 0 Å². The number of furan rings is 1. The Balaban J connectivity index is 1.17. The highest BCUT2D eigenvalue weighted by atomic mass is 32.1. The van der Waals surface area contributed by atoms with Gasteiger partial charge in [0.25, 0.3) is 0 Å². The summed E-state index contributed by atoms with van der Waals surface area (Å²) >= 11 is 3.71. The van der Waals surface area contributed by atoms with Gasteiger partial charge in [-0.2, -0.15) is 0 Å². The molecule has 11 rings (SSSR count). The van der Waals surface area contributed by atoms with E-state index >= 15 is 0 Å². The maximum absolute atomic E-state index is 6.68. The smallest absolute Gasteiger partial charge is 0.143 e. The highest BCUT2D eigenvalue weighted by Gasteiger charge is 2.21. The maximum atomic E-state index is 6.68. The van der Waals surface area contributed by atoms with Gasteiger partial charge in [-0.3, -0.25) is 0 Å². The highest BCUT2D eigenvalue weighted by molar-refractivity contribution is 7.26. The number of rotatable bonds is 4. The zero-order valence-corrected chi connectivity index (χ0v) is 28.4. The van der Waals surface area contributed by atoms with E-state index < -0.39 is 0 Å². The molecule has 0 N–H and O–H groups in total. The Labute approximate surface area is 295 Å². The van der Waals surface area contributed by atoms with Crippen LogP contribution in [0.4, 0.5) is 17.1 Å². The van der Waals surface area contributed by atoms with Crippen molar-refractivity contribution in [2.24, 2.45) is 0 Å². The van der Waals surface area contributed by atoms with E-state index in [0.717, 1.165) is 44.4 Å². The lowest BCUT2D eigenvalue weighted by Gasteiger charge is -2.27. The first kappa shape index (κ1) is 28.0. The van der Waals surface area contributed by atoms with Crippen LogP contribution in [0.3, 0.4) is 0 Å². The molecule has 0 aliphatic rings. The Morgan fingerprint density at radius 1 is 0.400 bits per heavy atom. The fourth-order valence-electron chi connectivity index (χ4n) is 7.73. The summed E-state index contributed by atoms with van der Waals surface area (Å²) in [6, 6.07) is 59.6.